The lowest BCUT2D eigenvalue weighted by atomic mass is 10.2. The summed E-state index contributed by atoms with van der Waals surface area (Å²) in [6.07, 6.45) is 6.55. The third-order valence-electron chi connectivity index (χ3n) is 5.49. The van der Waals surface area contributed by atoms with Crippen LogP contribution in [-0.4, -0.2) is 62.8 Å². The molecule has 1 fully saturated rings. The number of aryl methyl sites for hydroxylation is 1. The number of anilines is 2. The first-order valence-electron chi connectivity index (χ1n) is 11.0. The molecule has 4 heterocycles. The van der Waals surface area contributed by atoms with Crippen LogP contribution in [-0.2, 0) is 11.3 Å². The summed E-state index contributed by atoms with van der Waals surface area (Å²) in [6.45, 7) is 4.72. The maximum absolute atomic E-state index is 12.8. The minimum Gasteiger partial charge on any atom is -0.378 e. The van der Waals surface area contributed by atoms with Gasteiger partial charge < -0.3 is 14.2 Å². The Morgan fingerprint density at radius 3 is 2.79 bits per heavy atom. The molecule has 4 aromatic rings. The fraction of sp³-hybridized carbons (Fsp3) is 0.250. The Labute approximate surface area is 196 Å². The molecule has 1 N–H and O–H groups in total. The van der Waals surface area contributed by atoms with Crippen molar-refractivity contribution in [3.63, 3.8) is 0 Å². The van der Waals surface area contributed by atoms with Crippen molar-refractivity contribution >= 4 is 34.9 Å². The van der Waals surface area contributed by atoms with Gasteiger partial charge in [-0.3, -0.25) is 15.2 Å². The van der Waals surface area contributed by atoms with Crippen molar-refractivity contribution in [1.29, 1.82) is 0 Å². The number of benzene rings is 1. The number of pyridine rings is 1. The molecule has 1 aliphatic rings. The molecule has 1 aliphatic heterocycles. The van der Waals surface area contributed by atoms with E-state index in [0.29, 0.717) is 54.8 Å². The summed E-state index contributed by atoms with van der Waals surface area (Å²) in [7, 11) is 0. The van der Waals surface area contributed by atoms with Gasteiger partial charge in [0.25, 0.3) is 0 Å². The van der Waals surface area contributed by atoms with E-state index < -0.39 is 0 Å². The zero-order valence-electron chi connectivity index (χ0n) is 18.8. The van der Waals surface area contributed by atoms with Crippen molar-refractivity contribution in [3.05, 3.63) is 71.8 Å². The van der Waals surface area contributed by atoms with Crippen molar-refractivity contribution in [2.75, 3.05) is 36.6 Å². The number of morpholine rings is 1. The van der Waals surface area contributed by atoms with Gasteiger partial charge in [0.2, 0.25) is 5.95 Å². The van der Waals surface area contributed by atoms with Gasteiger partial charge in [-0.1, -0.05) is 29.8 Å². The number of hydrogen-bond acceptors (Lipinski definition) is 9. The number of nitrogens with zero attached hydrogens (tertiary/aromatic N) is 7. The summed E-state index contributed by atoms with van der Waals surface area (Å²) in [6, 6.07) is 11.4. The van der Waals surface area contributed by atoms with Gasteiger partial charge in [-0.25, -0.2) is 4.98 Å². The van der Waals surface area contributed by atoms with E-state index in [1.807, 2.05) is 31.2 Å². The summed E-state index contributed by atoms with van der Waals surface area (Å²) < 4.78 is 7.20. The fourth-order valence-electron chi connectivity index (χ4n) is 3.73. The predicted octanol–water partition coefficient (Wildman–Crippen LogP) is 2.70. The number of imidazole rings is 1. The van der Waals surface area contributed by atoms with Crippen LogP contribution in [0.3, 0.4) is 0 Å². The summed E-state index contributed by atoms with van der Waals surface area (Å²) in [5.41, 5.74) is 6.84. The molecule has 34 heavy (non-hydrogen) atoms. The second kappa shape index (κ2) is 9.75. The molecule has 0 amide bonds. The summed E-state index contributed by atoms with van der Waals surface area (Å²) in [5, 5.41) is 4.38. The number of carbonyl (C=O) groups is 1. The maximum Gasteiger partial charge on any atom is 0.229 e. The molecule has 0 atom stereocenters. The van der Waals surface area contributed by atoms with Gasteiger partial charge in [0.1, 0.15) is 0 Å². The number of Topliss-reactive ketones (excluding diaryl/α,β-unsaturated/α-hetero) is 1. The average Bonchev–Trinajstić information content (AvgIpc) is 3.28. The quantitative estimate of drug-likeness (QED) is 0.257. The number of fused-ring (bicyclic) bond motifs is 1. The van der Waals surface area contributed by atoms with Crippen molar-refractivity contribution in [1.82, 2.24) is 24.5 Å². The summed E-state index contributed by atoms with van der Waals surface area (Å²) >= 11 is 0. The molecule has 0 unspecified atom stereocenters. The summed E-state index contributed by atoms with van der Waals surface area (Å²) in [4.78, 5) is 32.8. The molecule has 1 aromatic carbocycles. The second-order valence-electron chi connectivity index (χ2n) is 7.96. The Balaban J connectivity index is 1.48. The number of ether oxygens (including phenoxy) is 1. The largest absolute Gasteiger partial charge is 0.378 e. The molecule has 3 aromatic heterocycles. The number of hydrazone groups is 1. The minimum atomic E-state index is -0.0554. The van der Waals surface area contributed by atoms with Crippen molar-refractivity contribution < 1.29 is 9.53 Å². The molecule has 0 radical (unpaired) electrons. The highest BCUT2D eigenvalue weighted by Gasteiger charge is 2.20. The van der Waals surface area contributed by atoms with Gasteiger partial charge in [-0.15, -0.1) is 0 Å². The van der Waals surface area contributed by atoms with E-state index in [2.05, 4.69) is 30.4 Å². The van der Waals surface area contributed by atoms with Crippen LogP contribution in [0.5, 0.6) is 0 Å². The van der Waals surface area contributed by atoms with E-state index in [4.69, 9.17) is 9.72 Å². The fourth-order valence-corrected chi connectivity index (χ4v) is 3.73. The Morgan fingerprint density at radius 2 is 2.00 bits per heavy atom. The van der Waals surface area contributed by atoms with Crippen molar-refractivity contribution in [3.8, 4) is 0 Å². The highest BCUT2D eigenvalue weighted by atomic mass is 16.5. The molecule has 0 spiro atoms. The van der Waals surface area contributed by atoms with Gasteiger partial charge in [0, 0.05) is 31.0 Å². The maximum atomic E-state index is 12.8. The first-order chi connectivity index (χ1) is 16.7. The van der Waals surface area contributed by atoms with E-state index >= 15 is 0 Å². The minimum absolute atomic E-state index is 0.0554. The molecule has 1 saturated heterocycles. The number of hydrogen-bond donors (Lipinski definition) is 1. The van der Waals surface area contributed by atoms with E-state index in [1.165, 1.54) is 0 Å². The van der Waals surface area contributed by atoms with E-state index in [1.54, 1.807) is 41.6 Å². The van der Waals surface area contributed by atoms with Crippen LogP contribution in [0.15, 0.2) is 60.2 Å². The predicted molar refractivity (Wildman–Crippen MR) is 129 cm³/mol. The molecule has 0 aliphatic carbocycles. The monoisotopic (exact) mass is 456 g/mol. The summed E-state index contributed by atoms with van der Waals surface area (Å²) in [5.74, 6) is 0.966. The number of ketones is 1. The lowest BCUT2D eigenvalue weighted by Gasteiger charge is -2.27. The lowest BCUT2D eigenvalue weighted by molar-refractivity contribution is 0.0973. The van der Waals surface area contributed by atoms with Crippen LogP contribution in [0.25, 0.3) is 11.2 Å². The SMILES string of the molecule is Cc1cccc(/C=N/Nc2nc(N3CCOCC3)nc3c2ncn3CC(=O)c2ccncc2)c1. The topological polar surface area (TPSA) is 110 Å². The number of aromatic nitrogens is 5. The van der Waals surface area contributed by atoms with E-state index in [0.717, 1.165) is 11.1 Å². The smallest absolute Gasteiger partial charge is 0.229 e. The van der Waals surface area contributed by atoms with Crippen LogP contribution in [0.4, 0.5) is 11.8 Å². The Morgan fingerprint density at radius 1 is 1.18 bits per heavy atom. The molecule has 172 valence electrons. The van der Waals surface area contributed by atoms with Crippen LogP contribution < -0.4 is 10.3 Å². The zero-order valence-corrected chi connectivity index (χ0v) is 18.8. The Hall–Kier alpha value is -4.18. The molecule has 5 rings (SSSR count). The molecule has 10 nitrogen and oxygen atoms in total. The van der Waals surface area contributed by atoms with Gasteiger partial charge in [0.15, 0.2) is 22.8 Å². The van der Waals surface area contributed by atoms with Crippen LogP contribution >= 0.6 is 0 Å². The van der Waals surface area contributed by atoms with Crippen LogP contribution in [0, 0.1) is 6.92 Å². The first-order valence-corrected chi connectivity index (χ1v) is 11.0. The van der Waals surface area contributed by atoms with E-state index in [-0.39, 0.29) is 12.3 Å². The Bertz CT molecular complexity index is 1330. The average molecular weight is 457 g/mol. The highest BCUT2D eigenvalue weighted by molar-refractivity contribution is 5.96. The van der Waals surface area contributed by atoms with Crippen molar-refractivity contribution in [2.24, 2.45) is 5.10 Å². The molecule has 0 saturated carbocycles. The first kappa shape index (κ1) is 21.7. The zero-order chi connectivity index (χ0) is 23.3. The second-order valence-corrected chi connectivity index (χ2v) is 7.96. The molecule has 10 heteroatoms. The van der Waals surface area contributed by atoms with Gasteiger partial charge in [-0.2, -0.15) is 15.1 Å². The van der Waals surface area contributed by atoms with E-state index in [9.17, 15) is 4.79 Å². The van der Waals surface area contributed by atoms with Crippen LogP contribution in [0.1, 0.15) is 21.5 Å². The number of rotatable bonds is 7. The van der Waals surface area contributed by atoms with Gasteiger partial charge >= 0.3 is 0 Å². The van der Waals surface area contributed by atoms with Crippen LogP contribution in [0.2, 0.25) is 0 Å². The Kier molecular flexibility index (Phi) is 6.21. The third kappa shape index (κ3) is 4.76. The number of nitrogens with one attached hydrogen (secondary N) is 1. The van der Waals surface area contributed by atoms with Crippen molar-refractivity contribution in [2.45, 2.75) is 13.5 Å². The normalized spacial score (nSPS) is 14.1. The molecular formula is C24H24N8O2. The van der Waals surface area contributed by atoms with Gasteiger partial charge in [-0.05, 0) is 24.6 Å². The molecule has 0 bridgehead atoms. The highest BCUT2D eigenvalue weighted by Crippen LogP contribution is 2.23. The standard InChI is InChI=1S/C24H24N8O2/c1-17-3-2-4-18(13-17)14-27-30-22-21-23(29-24(28-22)31-9-11-34-12-10-31)32(16-26-21)15-20(33)19-5-7-25-8-6-19/h2-8,13-14,16H,9-12,15H2,1H3,(H,28,29,30)/b27-14+. The third-order valence-corrected chi connectivity index (χ3v) is 5.49. The van der Waals surface area contributed by atoms with Gasteiger partial charge in [0.05, 0.1) is 32.3 Å². The molecular weight excluding hydrogens is 432 g/mol. The number of carbonyl (C=O) groups excluding carboxylic acids is 1. The lowest BCUT2D eigenvalue weighted by Crippen LogP contribution is -2.37.